The van der Waals surface area contributed by atoms with Crippen molar-refractivity contribution < 1.29 is 9.53 Å². The Kier molecular flexibility index (Phi) is 3.76. The van der Waals surface area contributed by atoms with Gasteiger partial charge in [-0.15, -0.1) is 0 Å². The lowest BCUT2D eigenvalue weighted by atomic mass is 10.3. The molecule has 2 N–H and O–H groups in total. The molecule has 0 aliphatic heterocycles. The summed E-state index contributed by atoms with van der Waals surface area (Å²) in [5.41, 5.74) is 0.634. The van der Waals surface area contributed by atoms with Crippen LogP contribution >= 0.6 is 15.9 Å². The lowest BCUT2D eigenvalue weighted by Gasteiger charge is -2.09. The summed E-state index contributed by atoms with van der Waals surface area (Å²) in [6, 6.07) is 5.10. The highest BCUT2D eigenvalue weighted by molar-refractivity contribution is 9.10. The van der Waals surface area contributed by atoms with Gasteiger partial charge in [0.15, 0.2) is 0 Å². The molecular weight excluding hydrogens is 248 g/mol. The molecular formula is C9H11BrN2O2. The normalized spacial score (nSPS) is 9.36. The zero-order valence-corrected chi connectivity index (χ0v) is 9.51. The quantitative estimate of drug-likeness (QED) is 0.855. The van der Waals surface area contributed by atoms with Crippen molar-refractivity contribution in [3.63, 3.8) is 0 Å². The number of amides is 2. The van der Waals surface area contributed by atoms with E-state index in [1.165, 1.54) is 0 Å². The van der Waals surface area contributed by atoms with E-state index in [-0.39, 0.29) is 6.03 Å². The van der Waals surface area contributed by atoms with Crippen molar-refractivity contribution >= 4 is 27.6 Å². The summed E-state index contributed by atoms with van der Waals surface area (Å²) >= 11 is 3.31. The maximum Gasteiger partial charge on any atom is 0.319 e. The van der Waals surface area contributed by atoms with Gasteiger partial charge in [-0.05, 0) is 18.2 Å². The topological polar surface area (TPSA) is 50.4 Å². The summed E-state index contributed by atoms with van der Waals surface area (Å²) in [5, 5.41) is 5.10. The van der Waals surface area contributed by atoms with E-state index in [1.54, 1.807) is 26.3 Å². The summed E-state index contributed by atoms with van der Waals surface area (Å²) in [7, 11) is 3.11. The Hall–Kier alpha value is -1.23. The molecule has 0 atom stereocenters. The van der Waals surface area contributed by atoms with Crippen molar-refractivity contribution in [3.05, 3.63) is 22.7 Å². The van der Waals surface area contributed by atoms with Crippen molar-refractivity contribution in [2.24, 2.45) is 0 Å². The van der Waals surface area contributed by atoms with Crippen molar-refractivity contribution in [2.75, 3.05) is 19.5 Å². The fourth-order valence-electron chi connectivity index (χ4n) is 0.953. The van der Waals surface area contributed by atoms with E-state index in [1.807, 2.05) is 6.07 Å². The maximum absolute atomic E-state index is 11.0. The first-order valence-electron chi connectivity index (χ1n) is 3.99. The number of carbonyl (C=O) groups excluding carboxylic acids is 1. The molecule has 5 heteroatoms. The average molecular weight is 259 g/mol. The molecule has 0 saturated heterocycles. The van der Waals surface area contributed by atoms with Gasteiger partial charge in [0.05, 0.1) is 12.8 Å². The van der Waals surface area contributed by atoms with Crippen LogP contribution in [0.1, 0.15) is 0 Å². The van der Waals surface area contributed by atoms with Gasteiger partial charge in [-0.1, -0.05) is 15.9 Å². The molecule has 14 heavy (non-hydrogen) atoms. The predicted octanol–water partition coefficient (Wildman–Crippen LogP) is 2.21. The van der Waals surface area contributed by atoms with E-state index >= 15 is 0 Å². The monoisotopic (exact) mass is 258 g/mol. The number of hydrogen-bond acceptors (Lipinski definition) is 2. The lowest BCUT2D eigenvalue weighted by molar-refractivity contribution is 0.254. The van der Waals surface area contributed by atoms with Crippen LogP contribution in [-0.4, -0.2) is 20.2 Å². The maximum atomic E-state index is 11.0. The average Bonchev–Trinajstić information content (AvgIpc) is 2.20. The van der Waals surface area contributed by atoms with Crippen LogP contribution in [-0.2, 0) is 0 Å². The van der Waals surface area contributed by atoms with E-state index in [0.29, 0.717) is 11.4 Å². The molecule has 1 rings (SSSR count). The number of carbonyl (C=O) groups is 1. The molecule has 76 valence electrons. The second kappa shape index (κ2) is 4.85. The molecule has 0 aliphatic rings. The highest BCUT2D eigenvalue weighted by Gasteiger charge is 2.05. The fraction of sp³-hybridized carbons (Fsp3) is 0.222. The Morgan fingerprint density at radius 3 is 2.79 bits per heavy atom. The van der Waals surface area contributed by atoms with Crippen molar-refractivity contribution in [2.45, 2.75) is 0 Å². The summed E-state index contributed by atoms with van der Waals surface area (Å²) in [5.74, 6) is 0.614. The number of anilines is 1. The zero-order valence-electron chi connectivity index (χ0n) is 7.93. The molecule has 2 amide bonds. The summed E-state index contributed by atoms with van der Waals surface area (Å²) < 4.78 is 6.00. The number of ether oxygens (including phenoxy) is 1. The molecule has 0 radical (unpaired) electrons. The Balaban J connectivity index is 2.90. The molecule has 0 bridgehead atoms. The number of nitrogens with one attached hydrogen (secondary N) is 2. The molecule has 1 aromatic carbocycles. The van der Waals surface area contributed by atoms with Gasteiger partial charge in [-0.3, -0.25) is 0 Å². The molecule has 4 nitrogen and oxygen atoms in total. The molecule has 0 fully saturated rings. The van der Waals surface area contributed by atoms with E-state index in [4.69, 9.17) is 4.74 Å². The molecule has 0 unspecified atom stereocenters. The highest BCUT2D eigenvalue weighted by Crippen LogP contribution is 2.27. The minimum absolute atomic E-state index is 0.273. The van der Waals surface area contributed by atoms with Crippen LogP contribution in [0.4, 0.5) is 10.5 Å². The van der Waals surface area contributed by atoms with Crippen LogP contribution in [0, 0.1) is 0 Å². The minimum Gasteiger partial charge on any atom is -0.495 e. The third-order valence-electron chi connectivity index (χ3n) is 1.64. The van der Waals surface area contributed by atoms with Crippen molar-refractivity contribution in [3.8, 4) is 5.75 Å². The van der Waals surface area contributed by atoms with Gasteiger partial charge in [0.1, 0.15) is 5.75 Å². The van der Waals surface area contributed by atoms with Crippen molar-refractivity contribution in [1.82, 2.24) is 5.32 Å². The third-order valence-corrected chi connectivity index (χ3v) is 2.13. The number of halogens is 1. The first kappa shape index (κ1) is 10.8. The SMILES string of the molecule is CNC(=O)Nc1ccc(Br)cc1OC. The van der Waals surface area contributed by atoms with Gasteiger partial charge in [0.2, 0.25) is 0 Å². The smallest absolute Gasteiger partial charge is 0.319 e. The Bertz CT molecular complexity index is 342. The van der Waals surface area contributed by atoms with E-state index < -0.39 is 0 Å². The van der Waals surface area contributed by atoms with E-state index in [0.717, 1.165) is 4.47 Å². The first-order valence-corrected chi connectivity index (χ1v) is 4.79. The predicted molar refractivity (Wildman–Crippen MR) is 58.8 cm³/mol. The largest absolute Gasteiger partial charge is 0.495 e. The van der Waals surface area contributed by atoms with Gasteiger partial charge in [-0.25, -0.2) is 4.79 Å². The van der Waals surface area contributed by atoms with Crippen LogP contribution in [0.15, 0.2) is 22.7 Å². The van der Waals surface area contributed by atoms with Crippen LogP contribution in [0.5, 0.6) is 5.75 Å². The minimum atomic E-state index is -0.273. The van der Waals surface area contributed by atoms with Crippen LogP contribution in [0.25, 0.3) is 0 Å². The van der Waals surface area contributed by atoms with Crippen LogP contribution in [0.2, 0.25) is 0 Å². The number of benzene rings is 1. The first-order chi connectivity index (χ1) is 6.67. The summed E-state index contributed by atoms with van der Waals surface area (Å²) in [4.78, 5) is 11.0. The van der Waals surface area contributed by atoms with Crippen molar-refractivity contribution in [1.29, 1.82) is 0 Å². The Labute approximate surface area is 90.8 Å². The standard InChI is InChI=1S/C9H11BrN2O2/c1-11-9(13)12-7-4-3-6(10)5-8(7)14-2/h3-5H,1-2H3,(H2,11,12,13). The van der Waals surface area contributed by atoms with Gasteiger partial charge in [0, 0.05) is 11.5 Å². The molecule has 0 saturated carbocycles. The number of methoxy groups -OCH3 is 1. The van der Waals surface area contributed by atoms with Crippen LogP contribution < -0.4 is 15.4 Å². The number of rotatable bonds is 2. The third kappa shape index (κ3) is 2.63. The zero-order chi connectivity index (χ0) is 10.6. The fourth-order valence-corrected chi connectivity index (χ4v) is 1.29. The number of hydrogen-bond donors (Lipinski definition) is 2. The van der Waals surface area contributed by atoms with Gasteiger partial charge in [-0.2, -0.15) is 0 Å². The van der Waals surface area contributed by atoms with Gasteiger partial charge >= 0.3 is 6.03 Å². The molecule has 0 heterocycles. The second-order valence-corrected chi connectivity index (χ2v) is 3.46. The summed E-state index contributed by atoms with van der Waals surface area (Å²) in [6.45, 7) is 0. The summed E-state index contributed by atoms with van der Waals surface area (Å²) in [6.07, 6.45) is 0. The lowest BCUT2D eigenvalue weighted by Crippen LogP contribution is -2.24. The molecule has 1 aromatic rings. The molecule has 0 aliphatic carbocycles. The highest BCUT2D eigenvalue weighted by atomic mass is 79.9. The second-order valence-electron chi connectivity index (χ2n) is 2.55. The van der Waals surface area contributed by atoms with E-state index in [9.17, 15) is 4.79 Å². The molecule has 0 spiro atoms. The van der Waals surface area contributed by atoms with E-state index in [2.05, 4.69) is 26.6 Å². The van der Waals surface area contributed by atoms with Gasteiger partial charge in [0.25, 0.3) is 0 Å². The Morgan fingerprint density at radius 2 is 2.21 bits per heavy atom. The van der Waals surface area contributed by atoms with Crippen LogP contribution in [0.3, 0.4) is 0 Å². The Morgan fingerprint density at radius 1 is 1.50 bits per heavy atom. The van der Waals surface area contributed by atoms with Gasteiger partial charge < -0.3 is 15.4 Å². The number of urea groups is 1. The molecule has 0 aromatic heterocycles.